The van der Waals surface area contributed by atoms with Gasteiger partial charge in [-0.2, -0.15) is 13.2 Å². The van der Waals surface area contributed by atoms with Crippen molar-refractivity contribution in [2.75, 3.05) is 6.54 Å². The lowest BCUT2D eigenvalue weighted by atomic mass is 9.96. The van der Waals surface area contributed by atoms with Gasteiger partial charge < -0.3 is 5.73 Å². The number of hydrogen-bond donors (Lipinski definition) is 1. The van der Waals surface area contributed by atoms with E-state index in [1.807, 2.05) is 0 Å². The van der Waals surface area contributed by atoms with Crippen molar-refractivity contribution in [1.82, 2.24) is 0 Å². The maximum absolute atomic E-state index is 11.8. The molecule has 10 heavy (non-hydrogen) atoms. The maximum atomic E-state index is 11.8. The Morgan fingerprint density at radius 2 is 1.70 bits per heavy atom. The van der Waals surface area contributed by atoms with Crippen molar-refractivity contribution < 1.29 is 13.2 Å². The summed E-state index contributed by atoms with van der Waals surface area (Å²) in [5.41, 5.74) is 5.07. The fourth-order valence-electron chi connectivity index (χ4n) is 0.527. The highest BCUT2D eigenvalue weighted by molar-refractivity contribution is 4.68. The minimum atomic E-state index is -4.10. The van der Waals surface area contributed by atoms with Crippen LogP contribution in [0.3, 0.4) is 0 Å². The summed E-state index contributed by atoms with van der Waals surface area (Å²) in [7, 11) is 0. The minimum Gasteiger partial charge on any atom is -0.330 e. The van der Waals surface area contributed by atoms with Crippen LogP contribution in [-0.2, 0) is 0 Å². The molecule has 0 aromatic heterocycles. The molecule has 0 aliphatic heterocycles. The third kappa shape index (κ3) is 2.56. The molecule has 62 valence electrons. The number of rotatable bonds is 2. The van der Waals surface area contributed by atoms with Gasteiger partial charge in [0, 0.05) is 0 Å². The molecule has 0 fully saturated rings. The van der Waals surface area contributed by atoms with Crippen LogP contribution >= 0.6 is 0 Å². The van der Waals surface area contributed by atoms with Crippen LogP contribution in [0.25, 0.3) is 0 Å². The van der Waals surface area contributed by atoms with Crippen molar-refractivity contribution in [2.45, 2.75) is 20.0 Å². The van der Waals surface area contributed by atoms with Crippen LogP contribution in [0.15, 0.2) is 0 Å². The molecule has 0 bridgehead atoms. The predicted molar refractivity (Wildman–Crippen MR) is 33.4 cm³/mol. The van der Waals surface area contributed by atoms with Crippen LogP contribution in [0.5, 0.6) is 0 Å². The van der Waals surface area contributed by atoms with Crippen molar-refractivity contribution in [1.29, 1.82) is 0 Å². The summed E-state index contributed by atoms with van der Waals surface area (Å²) < 4.78 is 35.5. The number of hydrogen-bond acceptors (Lipinski definition) is 1. The number of nitrogens with two attached hydrogens (primary N) is 1. The Morgan fingerprint density at radius 3 is 1.80 bits per heavy atom. The van der Waals surface area contributed by atoms with Crippen LogP contribution in [0.4, 0.5) is 13.2 Å². The molecule has 0 radical (unpaired) electrons. The van der Waals surface area contributed by atoms with E-state index in [0.717, 1.165) is 6.92 Å². The van der Waals surface area contributed by atoms with Gasteiger partial charge in [0.1, 0.15) is 0 Å². The van der Waals surface area contributed by atoms with E-state index in [1.165, 1.54) is 6.92 Å². The van der Waals surface area contributed by atoms with Crippen molar-refractivity contribution in [3.8, 4) is 0 Å². The normalized spacial score (nSPS) is 18.6. The van der Waals surface area contributed by atoms with Gasteiger partial charge in [-0.3, -0.25) is 0 Å². The second kappa shape index (κ2) is 3.23. The van der Waals surface area contributed by atoms with E-state index in [2.05, 4.69) is 0 Å². The highest BCUT2D eigenvalue weighted by Gasteiger charge is 2.38. The first-order valence-electron chi connectivity index (χ1n) is 3.16. The Labute approximate surface area is 58.4 Å². The summed E-state index contributed by atoms with van der Waals surface area (Å²) in [5, 5.41) is 0. The summed E-state index contributed by atoms with van der Waals surface area (Å²) >= 11 is 0. The van der Waals surface area contributed by atoms with Gasteiger partial charge in [-0.05, 0) is 12.5 Å². The van der Waals surface area contributed by atoms with Gasteiger partial charge in [0.2, 0.25) is 0 Å². The Kier molecular flexibility index (Phi) is 3.15. The highest BCUT2D eigenvalue weighted by atomic mass is 19.4. The Bertz CT molecular complexity index is 99.7. The molecule has 0 rings (SSSR count). The molecule has 0 heterocycles. The molecule has 0 aromatic rings. The molecular formula is C6H12F3N. The molecule has 0 amide bonds. The maximum Gasteiger partial charge on any atom is 0.391 e. The van der Waals surface area contributed by atoms with E-state index in [4.69, 9.17) is 5.73 Å². The first-order chi connectivity index (χ1) is 4.39. The lowest BCUT2D eigenvalue weighted by Gasteiger charge is -2.20. The summed E-state index contributed by atoms with van der Waals surface area (Å²) in [5.74, 6) is -1.78. The molecule has 4 heteroatoms. The summed E-state index contributed by atoms with van der Waals surface area (Å²) in [4.78, 5) is 0. The summed E-state index contributed by atoms with van der Waals surface area (Å²) in [6, 6.07) is 0. The largest absolute Gasteiger partial charge is 0.391 e. The molecule has 0 spiro atoms. The third-order valence-corrected chi connectivity index (χ3v) is 1.74. The van der Waals surface area contributed by atoms with Gasteiger partial charge in [-0.25, -0.2) is 0 Å². The fraction of sp³-hybridized carbons (Fsp3) is 1.00. The van der Waals surface area contributed by atoms with Gasteiger partial charge in [-0.15, -0.1) is 0 Å². The smallest absolute Gasteiger partial charge is 0.330 e. The Hall–Kier alpha value is -0.250. The van der Waals surface area contributed by atoms with Crippen LogP contribution in [0, 0.1) is 11.8 Å². The van der Waals surface area contributed by atoms with Crippen molar-refractivity contribution >= 4 is 0 Å². The Morgan fingerprint density at radius 1 is 1.30 bits per heavy atom. The lowest BCUT2D eigenvalue weighted by Crippen LogP contribution is -2.30. The van der Waals surface area contributed by atoms with E-state index in [9.17, 15) is 13.2 Å². The molecule has 1 nitrogen and oxygen atoms in total. The predicted octanol–water partition coefficient (Wildman–Crippen LogP) is 1.78. The second-order valence-corrected chi connectivity index (χ2v) is 2.54. The quantitative estimate of drug-likeness (QED) is 0.646. The molecule has 2 N–H and O–H groups in total. The number of alkyl halides is 3. The summed E-state index contributed by atoms with van der Waals surface area (Å²) in [6.07, 6.45) is -4.10. The van der Waals surface area contributed by atoms with Crippen LogP contribution in [0.2, 0.25) is 0 Å². The van der Waals surface area contributed by atoms with Crippen molar-refractivity contribution in [3.63, 3.8) is 0 Å². The molecule has 0 aliphatic carbocycles. The average Bonchev–Trinajstić information content (AvgIpc) is 1.83. The molecule has 0 saturated heterocycles. The average molecular weight is 155 g/mol. The van der Waals surface area contributed by atoms with Crippen LogP contribution < -0.4 is 5.73 Å². The van der Waals surface area contributed by atoms with Gasteiger partial charge in [0.25, 0.3) is 0 Å². The van der Waals surface area contributed by atoms with E-state index in [1.54, 1.807) is 0 Å². The van der Waals surface area contributed by atoms with Crippen LogP contribution in [-0.4, -0.2) is 12.7 Å². The molecule has 0 saturated carbocycles. The highest BCUT2D eigenvalue weighted by Crippen LogP contribution is 2.30. The molecule has 2 atom stereocenters. The van der Waals surface area contributed by atoms with Gasteiger partial charge >= 0.3 is 6.18 Å². The minimum absolute atomic E-state index is 0.0840. The first kappa shape index (κ1) is 9.75. The van der Waals surface area contributed by atoms with E-state index in [0.29, 0.717) is 0 Å². The zero-order valence-corrected chi connectivity index (χ0v) is 6.07. The van der Waals surface area contributed by atoms with Gasteiger partial charge in [0.15, 0.2) is 0 Å². The molecule has 0 aliphatic rings. The van der Waals surface area contributed by atoms with Crippen LogP contribution in [0.1, 0.15) is 13.8 Å². The molecule has 0 aromatic carbocycles. The molecular weight excluding hydrogens is 143 g/mol. The third-order valence-electron chi connectivity index (χ3n) is 1.74. The number of halogens is 3. The molecule has 1 unspecified atom stereocenters. The SMILES string of the molecule is CC([C@@H](C)CN)C(F)(F)F. The fourth-order valence-corrected chi connectivity index (χ4v) is 0.527. The standard InChI is InChI=1S/C6H12F3N/c1-4(3-10)5(2)6(7,8)9/h4-5H,3,10H2,1-2H3/t4-,5?/m0/s1. The van der Waals surface area contributed by atoms with Gasteiger partial charge in [-0.1, -0.05) is 13.8 Å². The van der Waals surface area contributed by atoms with Crippen molar-refractivity contribution in [2.24, 2.45) is 17.6 Å². The first-order valence-corrected chi connectivity index (χ1v) is 3.16. The zero-order chi connectivity index (χ0) is 8.36. The zero-order valence-electron chi connectivity index (χ0n) is 6.07. The summed E-state index contributed by atoms with van der Waals surface area (Å²) in [6.45, 7) is 2.73. The van der Waals surface area contributed by atoms with E-state index >= 15 is 0 Å². The second-order valence-electron chi connectivity index (χ2n) is 2.54. The lowest BCUT2D eigenvalue weighted by molar-refractivity contribution is -0.180. The van der Waals surface area contributed by atoms with E-state index < -0.39 is 18.0 Å². The Balaban J connectivity index is 3.94. The van der Waals surface area contributed by atoms with Crippen molar-refractivity contribution in [3.05, 3.63) is 0 Å². The topological polar surface area (TPSA) is 26.0 Å². The van der Waals surface area contributed by atoms with E-state index in [-0.39, 0.29) is 6.54 Å². The van der Waals surface area contributed by atoms with Gasteiger partial charge in [0.05, 0.1) is 5.92 Å². The monoisotopic (exact) mass is 155 g/mol.